The first kappa shape index (κ1) is 36.8. The maximum Gasteiger partial charge on any atom is 0.416 e. The lowest BCUT2D eigenvalue weighted by Crippen LogP contribution is -2.54. The molecule has 48 heavy (non-hydrogen) atoms. The predicted molar refractivity (Wildman–Crippen MR) is 181 cm³/mol. The number of nitrogens with one attached hydrogen (secondary N) is 1. The van der Waals surface area contributed by atoms with Crippen molar-refractivity contribution in [3.63, 3.8) is 0 Å². The van der Waals surface area contributed by atoms with E-state index >= 15 is 0 Å². The Morgan fingerprint density at radius 2 is 1.46 bits per heavy atom. The Kier molecular flexibility index (Phi) is 12.2. The molecule has 0 unspecified atom stereocenters. The molecule has 0 aliphatic carbocycles. The summed E-state index contributed by atoms with van der Waals surface area (Å²) in [6.07, 6.45) is -4.19. The molecule has 0 radical (unpaired) electrons. The number of benzene rings is 4. The third-order valence-corrected chi connectivity index (χ3v) is 10.2. The lowest BCUT2D eigenvalue weighted by Gasteiger charge is -2.34. The second-order valence-electron chi connectivity index (χ2n) is 11.1. The van der Waals surface area contributed by atoms with Crippen molar-refractivity contribution in [3.8, 4) is 0 Å². The zero-order valence-corrected chi connectivity index (χ0v) is 28.5. The number of hydrogen-bond acceptors (Lipinski definition) is 4. The highest BCUT2D eigenvalue weighted by Gasteiger charge is 2.37. The lowest BCUT2D eigenvalue weighted by molar-refractivity contribution is -0.140. The second kappa shape index (κ2) is 15.9. The smallest absolute Gasteiger partial charge is 0.352 e. The summed E-state index contributed by atoms with van der Waals surface area (Å²) in [6, 6.07) is 23.4. The molecule has 0 bridgehead atoms. The molecule has 4 rings (SSSR count). The van der Waals surface area contributed by atoms with E-state index in [1.165, 1.54) is 29.2 Å². The Balaban J connectivity index is 1.88. The molecular weight excluding hydrogens is 686 g/mol. The number of carbonyl (C=O) groups is 2. The molecule has 2 amide bonds. The molecule has 0 aliphatic rings. The summed E-state index contributed by atoms with van der Waals surface area (Å²) in [5, 5.41) is 2.88. The first-order valence-electron chi connectivity index (χ1n) is 15.0. The number of sulfonamides is 1. The van der Waals surface area contributed by atoms with Crippen molar-refractivity contribution in [2.75, 3.05) is 10.8 Å². The number of amides is 2. The van der Waals surface area contributed by atoms with Crippen LogP contribution < -0.4 is 9.62 Å². The normalized spacial score (nSPS) is 13.0. The number of halogens is 5. The molecule has 254 valence electrons. The monoisotopic (exact) mass is 719 g/mol. The molecule has 0 saturated carbocycles. The van der Waals surface area contributed by atoms with Gasteiger partial charge in [0.15, 0.2) is 0 Å². The van der Waals surface area contributed by atoms with E-state index in [1.807, 2.05) is 13.8 Å². The van der Waals surface area contributed by atoms with Crippen LogP contribution in [0.2, 0.25) is 10.0 Å². The summed E-state index contributed by atoms with van der Waals surface area (Å²) in [7, 11) is -4.67. The van der Waals surface area contributed by atoms with Gasteiger partial charge in [0.05, 0.1) is 21.2 Å². The summed E-state index contributed by atoms with van der Waals surface area (Å²) in [4.78, 5) is 29.4. The predicted octanol–water partition coefficient (Wildman–Crippen LogP) is 7.76. The van der Waals surface area contributed by atoms with Crippen molar-refractivity contribution in [2.24, 2.45) is 0 Å². The average molecular weight is 721 g/mol. The van der Waals surface area contributed by atoms with Crippen LogP contribution in [0.1, 0.15) is 37.0 Å². The fourth-order valence-corrected chi connectivity index (χ4v) is 6.83. The van der Waals surface area contributed by atoms with E-state index in [-0.39, 0.29) is 28.9 Å². The first-order chi connectivity index (χ1) is 22.7. The minimum absolute atomic E-state index is 0.0506. The standard InChI is InChI=1S/C35H34Cl2F3N3O4S/c1-3-24(2)41-34(45)32(20-25-12-6-4-7-13-25)42(22-26-14-10-11-17-29(26)36)33(44)23-43(48(46,47)28-15-8-5-9-16-28)31-21-27(35(38,39)40)18-19-30(31)37/h4-19,21,24,32H,3,20,22-23H2,1-2H3,(H,41,45)/t24-,32+/m0/s1. The molecule has 13 heteroatoms. The van der Waals surface area contributed by atoms with Crippen molar-refractivity contribution in [1.82, 2.24) is 10.2 Å². The molecule has 7 nitrogen and oxygen atoms in total. The van der Waals surface area contributed by atoms with E-state index in [2.05, 4.69) is 5.32 Å². The van der Waals surface area contributed by atoms with Crippen LogP contribution >= 0.6 is 23.2 Å². The van der Waals surface area contributed by atoms with Gasteiger partial charge in [-0.05, 0) is 60.9 Å². The first-order valence-corrected chi connectivity index (χ1v) is 17.2. The van der Waals surface area contributed by atoms with E-state index in [0.717, 1.165) is 12.1 Å². The van der Waals surface area contributed by atoms with Crippen LogP contribution in [-0.2, 0) is 38.8 Å². The van der Waals surface area contributed by atoms with Gasteiger partial charge in [0, 0.05) is 24.0 Å². The molecular formula is C35H34Cl2F3N3O4S. The third-order valence-electron chi connectivity index (χ3n) is 7.72. The molecule has 1 N–H and O–H groups in total. The van der Waals surface area contributed by atoms with E-state index in [0.29, 0.717) is 32.9 Å². The Morgan fingerprint density at radius 3 is 2.06 bits per heavy atom. The fourth-order valence-electron chi connectivity index (χ4n) is 4.92. The maximum atomic E-state index is 14.5. The Bertz CT molecular complexity index is 1830. The summed E-state index contributed by atoms with van der Waals surface area (Å²) in [6.45, 7) is 2.50. The van der Waals surface area contributed by atoms with Gasteiger partial charge in [0.25, 0.3) is 10.0 Å². The highest BCUT2D eigenvalue weighted by molar-refractivity contribution is 7.92. The van der Waals surface area contributed by atoms with Gasteiger partial charge >= 0.3 is 6.18 Å². The van der Waals surface area contributed by atoms with Gasteiger partial charge in [-0.1, -0.05) is 96.9 Å². The molecule has 4 aromatic carbocycles. The van der Waals surface area contributed by atoms with Crippen LogP contribution in [0.3, 0.4) is 0 Å². The highest BCUT2D eigenvalue weighted by atomic mass is 35.5. The molecule has 0 saturated heterocycles. The van der Waals surface area contributed by atoms with Crippen molar-refractivity contribution in [1.29, 1.82) is 0 Å². The topological polar surface area (TPSA) is 86.8 Å². The summed E-state index contributed by atoms with van der Waals surface area (Å²) in [5.41, 5.74) is -0.527. The van der Waals surface area contributed by atoms with Crippen LogP contribution in [0.25, 0.3) is 0 Å². The van der Waals surface area contributed by atoms with Gasteiger partial charge in [-0.2, -0.15) is 13.2 Å². The zero-order valence-electron chi connectivity index (χ0n) is 26.1. The quantitative estimate of drug-likeness (QED) is 0.153. The Morgan fingerprint density at radius 1 is 0.854 bits per heavy atom. The second-order valence-corrected chi connectivity index (χ2v) is 13.8. The van der Waals surface area contributed by atoms with Crippen LogP contribution in [0, 0.1) is 0 Å². The summed E-state index contributed by atoms with van der Waals surface area (Å²) >= 11 is 12.9. The minimum Gasteiger partial charge on any atom is -0.352 e. The van der Waals surface area contributed by atoms with E-state index < -0.39 is 51.9 Å². The molecule has 0 spiro atoms. The molecule has 0 aliphatic heterocycles. The molecule has 0 heterocycles. The number of anilines is 1. The van der Waals surface area contributed by atoms with Crippen LogP contribution in [-0.4, -0.2) is 43.8 Å². The largest absolute Gasteiger partial charge is 0.416 e. The Hall–Kier alpha value is -4.06. The molecule has 0 aromatic heterocycles. The molecule has 0 fully saturated rings. The zero-order chi connectivity index (χ0) is 35.1. The summed E-state index contributed by atoms with van der Waals surface area (Å²) in [5.74, 6) is -1.37. The van der Waals surface area contributed by atoms with Gasteiger partial charge in [-0.3, -0.25) is 13.9 Å². The van der Waals surface area contributed by atoms with Crippen molar-refractivity contribution >= 4 is 50.7 Å². The van der Waals surface area contributed by atoms with Crippen molar-refractivity contribution < 1.29 is 31.2 Å². The lowest BCUT2D eigenvalue weighted by atomic mass is 10.0. The van der Waals surface area contributed by atoms with E-state index in [1.54, 1.807) is 60.7 Å². The maximum absolute atomic E-state index is 14.5. The fraction of sp³-hybridized carbons (Fsp3) is 0.257. The van der Waals surface area contributed by atoms with Crippen LogP contribution in [0.5, 0.6) is 0 Å². The Labute approximate surface area is 288 Å². The van der Waals surface area contributed by atoms with Gasteiger partial charge in [-0.25, -0.2) is 8.42 Å². The molecule has 2 atom stereocenters. The average Bonchev–Trinajstić information content (AvgIpc) is 3.06. The number of hydrogen-bond donors (Lipinski definition) is 1. The van der Waals surface area contributed by atoms with Crippen molar-refractivity contribution in [2.45, 2.75) is 56.4 Å². The van der Waals surface area contributed by atoms with Crippen LogP contribution in [0.15, 0.2) is 108 Å². The van der Waals surface area contributed by atoms with Gasteiger partial charge in [0.1, 0.15) is 12.6 Å². The number of alkyl halides is 3. The minimum atomic E-state index is -4.84. The SMILES string of the molecule is CC[C@H](C)NC(=O)[C@@H](Cc1ccccc1)N(Cc1ccccc1Cl)C(=O)CN(c1cc(C(F)(F)F)ccc1Cl)S(=O)(=O)c1ccccc1. The van der Waals surface area contributed by atoms with Gasteiger partial charge in [0.2, 0.25) is 11.8 Å². The highest BCUT2D eigenvalue weighted by Crippen LogP contribution is 2.37. The van der Waals surface area contributed by atoms with E-state index in [4.69, 9.17) is 23.2 Å². The van der Waals surface area contributed by atoms with E-state index in [9.17, 15) is 31.2 Å². The summed E-state index contributed by atoms with van der Waals surface area (Å²) < 4.78 is 70.3. The third kappa shape index (κ3) is 9.09. The van der Waals surface area contributed by atoms with Gasteiger partial charge < -0.3 is 10.2 Å². The van der Waals surface area contributed by atoms with Crippen molar-refractivity contribution in [3.05, 3.63) is 130 Å². The number of rotatable bonds is 13. The number of carbonyl (C=O) groups excluding carboxylic acids is 2. The van der Waals surface area contributed by atoms with Gasteiger partial charge in [-0.15, -0.1) is 0 Å². The molecule has 4 aromatic rings. The van der Waals surface area contributed by atoms with Crippen LogP contribution in [0.4, 0.5) is 18.9 Å². The number of nitrogens with zero attached hydrogens (tertiary/aromatic N) is 2.